The number of nitrogens with zero attached hydrogens (tertiary/aromatic N) is 4. The molecule has 0 radical (unpaired) electrons. The summed E-state index contributed by atoms with van der Waals surface area (Å²) < 4.78 is 17.7. The van der Waals surface area contributed by atoms with Crippen LogP contribution in [0.3, 0.4) is 0 Å². The van der Waals surface area contributed by atoms with Gasteiger partial charge in [-0.25, -0.2) is 4.98 Å². The van der Waals surface area contributed by atoms with Crippen LogP contribution in [0.2, 0.25) is 0 Å². The van der Waals surface area contributed by atoms with E-state index in [1.54, 1.807) is 43.1 Å². The first-order valence-corrected chi connectivity index (χ1v) is 11.8. The fraction of sp³-hybridized carbons (Fsp3) is 0.292. The lowest BCUT2D eigenvalue weighted by Crippen LogP contribution is -2.25. The van der Waals surface area contributed by atoms with Crippen molar-refractivity contribution in [1.29, 1.82) is 0 Å². The number of aromatic nitrogens is 4. The van der Waals surface area contributed by atoms with Crippen LogP contribution in [0, 0.1) is 0 Å². The second-order valence-electron chi connectivity index (χ2n) is 7.93. The Kier molecular flexibility index (Phi) is 7.35. The average Bonchev–Trinajstić information content (AvgIpc) is 3.33. The summed E-state index contributed by atoms with van der Waals surface area (Å²) in [5.74, 6) is 1.28. The quantitative estimate of drug-likeness (QED) is 0.274. The minimum absolute atomic E-state index is 0.00386. The highest BCUT2D eigenvalue weighted by molar-refractivity contribution is 7.99. The van der Waals surface area contributed by atoms with Crippen molar-refractivity contribution in [2.75, 3.05) is 25.3 Å². The van der Waals surface area contributed by atoms with Crippen molar-refractivity contribution < 1.29 is 18.7 Å². The highest BCUT2D eigenvalue weighted by atomic mass is 32.2. The summed E-state index contributed by atoms with van der Waals surface area (Å²) in [6, 6.07) is 12.6. The van der Waals surface area contributed by atoms with E-state index >= 15 is 0 Å². The molecule has 0 saturated heterocycles. The third kappa shape index (κ3) is 5.46. The first kappa shape index (κ1) is 24.3. The van der Waals surface area contributed by atoms with E-state index in [1.165, 1.54) is 0 Å². The second kappa shape index (κ2) is 10.6. The van der Waals surface area contributed by atoms with Gasteiger partial charge in [0.2, 0.25) is 11.8 Å². The maximum absolute atomic E-state index is 13.4. The molecule has 4 aromatic rings. The number of nitrogens with one attached hydrogen (secondary N) is 1. The molecule has 2 heterocycles. The number of hydrogen-bond donors (Lipinski definition) is 1. The molecule has 2 aromatic carbocycles. The van der Waals surface area contributed by atoms with Gasteiger partial charge < -0.3 is 13.9 Å². The molecule has 35 heavy (non-hydrogen) atoms. The van der Waals surface area contributed by atoms with Crippen LogP contribution in [0.15, 0.2) is 56.8 Å². The topological polar surface area (TPSA) is 121 Å². The zero-order valence-corrected chi connectivity index (χ0v) is 20.6. The van der Waals surface area contributed by atoms with Gasteiger partial charge in [0.15, 0.2) is 16.7 Å². The molecule has 0 saturated carbocycles. The molecule has 1 N–H and O–H groups in total. The summed E-state index contributed by atoms with van der Waals surface area (Å²) >= 11 is 1.15. The zero-order chi connectivity index (χ0) is 24.9. The van der Waals surface area contributed by atoms with E-state index in [4.69, 9.17) is 13.9 Å². The Labute approximate surface area is 205 Å². The number of fused-ring (bicyclic) bond motifs is 1. The van der Waals surface area contributed by atoms with Crippen molar-refractivity contribution in [2.24, 2.45) is 0 Å². The molecule has 0 aliphatic heterocycles. The number of rotatable bonds is 9. The number of thioether (sulfide) groups is 1. The Bertz CT molecular complexity index is 1420. The smallest absolute Gasteiger partial charge is 0.322 e. The molecule has 1 amide bonds. The summed E-state index contributed by atoms with van der Waals surface area (Å²) in [5, 5.41) is 11.2. The Hall–Kier alpha value is -3.86. The molecule has 0 fully saturated rings. The lowest BCUT2D eigenvalue weighted by atomic mass is 10.2. The van der Waals surface area contributed by atoms with Gasteiger partial charge in [0, 0.05) is 5.92 Å². The van der Waals surface area contributed by atoms with E-state index in [-0.39, 0.29) is 35.7 Å². The molecular formula is C24H25N5O5S. The van der Waals surface area contributed by atoms with Crippen LogP contribution in [0.1, 0.15) is 31.2 Å². The number of benzene rings is 2. The summed E-state index contributed by atoms with van der Waals surface area (Å²) in [4.78, 5) is 30.5. The maximum atomic E-state index is 13.4. The standard InChI is InChI=1S/C24H25N5O5S/c1-14(2)21-27-28-23(34-21)26-20(30)13-35-24-25-17-8-6-5-7-16(17)22(31)29(24)12-15-9-10-18(32-3)19(11-15)33-4/h5-11,14H,12-13H2,1-4H3,(H,26,28,30). The summed E-state index contributed by atoms with van der Waals surface area (Å²) in [7, 11) is 3.12. The van der Waals surface area contributed by atoms with Crippen molar-refractivity contribution in [3.8, 4) is 11.5 Å². The van der Waals surface area contributed by atoms with Gasteiger partial charge in [0.1, 0.15) is 0 Å². The normalized spacial score (nSPS) is 11.1. The summed E-state index contributed by atoms with van der Waals surface area (Å²) in [6.07, 6.45) is 0. The number of amides is 1. The lowest BCUT2D eigenvalue weighted by molar-refractivity contribution is -0.113. The molecule has 0 atom stereocenters. The third-order valence-corrected chi connectivity index (χ3v) is 6.10. The molecule has 182 valence electrons. The predicted octanol–water partition coefficient (Wildman–Crippen LogP) is 3.70. The number of carbonyl (C=O) groups excluding carboxylic acids is 1. The predicted molar refractivity (Wildman–Crippen MR) is 132 cm³/mol. The molecule has 0 spiro atoms. The number of hydrogen-bond acceptors (Lipinski definition) is 9. The Morgan fingerprint density at radius 2 is 1.89 bits per heavy atom. The first-order chi connectivity index (χ1) is 16.9. The number of ether oxygens (including phenoxy) is 2. The van der Waals surface area contributed by atoms with Crippen LogP contribution in [0.25, 0.3) is 10.9 Å². The zero-order valence-electron chi connectivity index (χ0n) is 19.8. The fourth-order valence-electron chi connectivity index (χ4n) is 3.36. The number of anilines is 1. The number of para-hydroxylation sites is 1. The van der Waals surface area contributed by atoms with E-state index in [2.05, 4.69) is 20.5 Å². The van der Waals surface area contributed by atoms with Crippen LogP contribution in [-0.4, -0.2) is 45.6 Å². The van der Waals surface area contributed by atoms with Crippen LogP contribution in [-0.2, 0) is 11.3 Å². The molecule has 10 nitrogen and oxygen atoms in total. The van der Waals surface area contributed by atoms with Gasteiger partial charge in [0.05, 0.1) is 37.4 Å². The fourth-order valence-corrected chi connectivity index (χ4v) is 4.16. The molecule has 4 rings (SSSR count). The molecule has 0 aliphatic carbocycles. The minimum Gasteiger partial charge on any atom is -0.493 e. The average molecular weight is 496 g/mol. The van der Waals surface area contributed by atoms with E-state index < -0.39 is 0 Å². The monoisotopic (exact) mass is 495 g/mol. The van der Waals surface area contributed by atoms with Crippen molar-refractivity contribution in [2.45, 2.75) is 31.5 Å². The van der Waals surface area contributed by atoms with E-state index in [0.717, 1.165) is 17.3 Å². The molecular weight excluding hydrogens is 470 g/mol. The van der Waals surface area contributed by atoms with E-state index in [9.17, 15) is 9.59 Å². The highest BCUT2D eigenvalue weighted by Gasteiger charge is 2.17. The lowest BCUT2D eigenvalue weighted by Gasteiger charge is -2.14. The maximum Gasteiger partial charge on any atom is 0.322 e. The molecule has 2 aromatic heterocycles. The van der Waals surface area contributed by atoms with E-state index in [0.29, 0.717) is 33.4 Å². The first-order valence-electron chi connectivity index (χ1n) is 10.9. The van der Waals surface area contributed by atoms with Crippen molar-refractivity contribution in [3.05, 3.63) is 64.3 Å². The van der Waals surface area contributed by atoms with Gasteiger partial charge >= 0.3 is 6.01 Å². The van der Waals surface area contributed by atoms with Gasteiger partial charge in [-0.3, -0.25) is 19.5 Å². The van der Waals surface area contributed by atoms with Crippen LogP contribution >= 0.6 is 11.8 Å². The van der Waals surface area contributed by atoms with Crippen LogP contribution in [0.5, 0.6) is 11.5 Å². The molecule has 0 aliphatic rings. The minimum atomic E-state index is -0.353. The molecule has 11 heteroatoms. The highest BCUT2D eigenvalue weighted by Crippen LogP contribution is 2.28. The summed E-state index contributed by atoms with van der Waals surface area (Å²) in [5.41, 5.74) is 1.18. The van der Waals surface area contributed by atoms with Gasteiger partial charge in [-0.15, -0.1) is 5.10 Å². The van der Waals surface area contributed by atoms with Gasteiger partial charge in [-0.2, -0.15) is 0 Å². The molecule has 0 bridgehead atoms. The largest absolute Gasteiger partial charge is 0.493 e. The Morgan fingerprint density at radius 1 is 1.11 bits per heavy atom. The van der Waals surface area contributed by atoms with Crippen molar-refractivity contribution >= 4 is 34.6 Å². The Morgan fingerprint density at radius 3 is 2.60 bits per heavy atom. The van der Waals surface area contributed by atoms with Crippen molar-refractivity contribution in [1.82, 2.24) is 19.7 Å². The molecule has 0 unspecified atom stereocenters. The van der Waals surface area contributed by atoms with Gasteiger partial charge in [-0.05, 0) is 29.8 Å². The van der Waals surface area contributed by atoms with Gasteiger partial charge in [0.25, 0.3) is 5.56 Å². The number of methoxy groups -OCH3 is 2. The second-order valence-corrected chi connectivity index (χ2v) is 8.87. The number of carbonyl (C=O) groups is 1. The van der Waals surface area contributed by atoms with Crippen LogP contribution in [0.4, 0.5) is 6.01 Å². The van der Waals surface area contributed by atoms with Gasteiger partial charge in [-0.1, -0.05) is 48.9 Å². The van der Waals surface area contributed by atoms with Crippen LogP contribution < -0.4 is 20.3 Å². The third-order valence-electron chi connectivity index (χ3n) is 5.13. The van der Waals surface area contributed by atoms with E-state index in [1.807, 2.05) is 32.0 Å². The summed E-state index contributed by atoms with van der Waals surface area (Å²) in [6.45, 7) is 4.07. The SMILES string of the molecule is COc1ccc(Cn2c(SCC(=O)Nc3nnc(C(C)C)o3)nc3ccccc3c2=O)cc1OC. The Balaban J connectivity index is 1.60. The van der Waals surface area contributed by atoms with Crippen molar-refractivity contribution in [3.63, 3.8) is 0 Å².